The number of benzene rings is 1. The Morgan fingerprint density at radius 2 is 2.07 bits per heavy atom. The van der Waals surface area contributed by atoms with Gasteiger partial charge in [0.25, 0.3) is 16.8 Å². The summed E-state index contributed by atoms with van der Waals surface area (Å²) in [6, 6.07) is 4.45. The number of thioether (sulfide) groups is 2. The third kappa shape index (κ3) is 5.19. The smallest absolute Gasteiger partial charge is 0.294 e. The molecule has 30 heavy (non-hydrogen) atoms. The van der Waals surface area contributed by atoms with Crippen molar-refractivity contribution in [1.29, 1.82) is 0 Å². The Balaban J connectivity index is 1.75. The van der Waals surface area contributed by atoms with Crippen molar-refractivity contribution in [3.05, 3.63) is 38.8 Å². The molecule has 1 N–H and O–H groups in total. The first kappa shape index (κ1) is 22.3. The van der Waals surface area contributed by atoms with Gasteiger partial charge < -0.3 is 14.7 Å². The normalized spacial score (nSPS) is 18.4. The molecule has 3 amide bonds. The molecule has 12 heteroatoms. The summed E-state index contributed by atoms with van der Waals surface area (Å²) in [4.78, 5) is 50.9. The van der Waals surface area contributed by atoms with Crippen LogP contribution in [0, 0.1) is 10.1 Å². The van der Waals surface area contributed by atoms with Gasteiger partial charge in [0.15, 0.2) is 0 Å². The third-order valence-electron chi connectivity index (χ3n) is 4.36. The summed E-state index contributed by atoms with van der Waals surface area (Å²) in [5.74, 6) is -0.619. The Kier molecular flexibility index (Phi) is 7.48. The number of ether oxygens (including phenoxy) is 1. The zero-order chi connectivity index (χ0) is 21.7. The van der Waals surface area contributed by atoms with E-state index in [9.17, 15) is 24.5 Å². The highest BCUT2D eigenvalue weighted by molar-refractivity contribution is 8.18. The molecule has 0 bridgehead atoms. The molecule has 10 nitrogen and oxygen atoms in total. The molecule has 1 aromatic rings. The fraction of sp³-hybridized carbons (Fsp3) is 0.389. The highest BCUT2D eigenvalue weighted by Crippen LogP contribution is 2.34. The number of carbonyl (C=O) groups excluding carboxylic acids is 3. The molecule has 2 fully saturated rings. The van der Waals surface area contributed by atoms with Crippen LogP contribution >= 0.6 is 23.5 Å². The van der Waals surface area contributed by atoms with E-state index in [1.54, 1.807) is 11.0 Å². The summed E-state index contributed by atoms with van der Waals surface area (Å²) in [5, 5.41) is 19.7. The number of morpholine rings is 1. The van der Waals surface area contributed by atoms with Gasteiger partial charge in [-0.15, -0.1) is 11.8 Å². The maximum Gasteiger partial charge on any atom is 0.294 e. The molecule has 160 valence electrons. The van der Waals surface area contributed by atoms with E-state index in [1.165, 1.54) is 18.2 Å². The van der Waals surface area contributed by atoms with Gasteiger partial charge in [-0.1, -0.05) is 6.07 Å². The molecule has 0 aromatic heterocycles. The van der Waals surface area contributed by atoms with E-state index >= 15 is 0 Å². The van der Waals surface area contributed by atoms with E-state index < -0.39 is 16.1 Å². The summed E-state index contributed by atoms with van der Waals surface area (Å²) in [5.41, 5.74) is 0.240. The predicted molar refractivity (Wildman–Crippen MR) is 111 cm³/mol. The first-order chi connectivity index (χ1) is 14.4. The number of nitrogens with zero attached hydrogens (tertiary/aromatic N) is 3. The highest BCUT2D eigenvalue weighted by atomic mass is 32.2. The number of nitro groups is 1. The number of hydrogen-bond donors (Lipinski definition) is 1. The monoisotopic (exact) mass is 453 g/mol. The van der Waals surface area contributed by atoms with Crippen molar-refractivity contribution >= 4 is 52.3 Å². The third-order valence-corrected chi connectivity index (χ3v) is 6.31. The summed E-state index contributed by atoms with van der Waals surface area (Å²) in [7, 11) is 0. The summed E-state index contributed by atoms with van der Waals surface area (Å²) in [6.07, 6.45) is 1.40. The molecule has 3 rings (SSSR count). The van der Waals surface area contributed by atoms with Crippen LogP contribution in [0.5, 0.6) is 0 Å². The van der Waals surface area contributed by atoms with E-state index in [1.807, 2.05) is 0 Å². The van der Waals surface area contributed by atoms with Crippen molar-refractivity contribution in [3.63, 3.8) is 0 Å². The van der Waals surface area contributed by atoms with Gasteiger partial charge in [0.05, 0.1) is 34.5 Å². The maximum absolute atomic E-state index is 12.6. The lowest BCUT2D eigenvalue weighted by Crippen LogP contribution is -2.46. The minimum Gasteiger partial charge on any atom is -0.396 e. The molecule has 0 atom stereocenters. The van der Waals surface area contributed by atoms with Gasteiger partial charge in [-0.25, -0.2) is 0 Å². The van der Waals surface area contributed by atoms with Crippen LogP contribution in [0.2, 0.25) is 0 Å². The Morgan fingerprint density at radius 3 is 2.73 bits per heavy atom. The number of rotatable bonds is 7. The number of aliphatic hydroxyl groups is 1. The Bertz CT molecular complexity index is 900. The number of amides is 3. The van der Waals surface area contributed by atoms with Gasteiger partial charge >= 0.3 is 0 Å². The molecule has 0 unspecified atom stereocenters. The number of carbonyl (C=O) groups is 3. The molecule has 0 radical (unpaired) electrons. The number of aliphatic hydroxyl groups excluding tert-OH is 1. The quantitative estimate of drug-likeness (QED) is 0.283. The van der Waals surface area contributed by atoms with Crippen LogP contribution in [0.1, 0.15) is 5.56 Å². The molecule has 2 aliphatic heterocycles. The van der Waals surface area contributed by atoms with E-state index in [-0.39, 0.29) is 29.7 Å². The zero-order valence-corrected chi connectivity index (χ0v) is 17.4. The van der Waals surface area contributed by atoms with Crippen molar-refractivity contribution in [2.45, 2.75) is 4.90 Å². The van der Waals surface area contributed by atoms with Crippen LogP contribution in [0.3, 0.4) is 0 Å². The number of hydrogen-bond acceptors (Lipinski definition) is 9. The fourth-order valence-corrected chi connectivity index (χ4v) is 4.48. The van der Waals surface area contributed by atoms with Crippen LogP contribution in [-0.4, -0.2) is 82.1 Å². The van der Waals surface area contributed by atoms with Crippen molar-refractivity contribution in [1.82, 2.24) is 9.80 Å². The van der Waals surface area contributed by atoms with Crippen molar-refractivity contribution < 1.29 is 29.2 Å². The molecule has 2 saturated heterocycles. The molecule has 2 heterocycles. The number of nitro benzene ring substituents is 1. The zero-order valence-electron chi connectivity index (χ0n) is 15.8. The predicted octanol–water partition coefficient (Wildman–Crippen LogP) is 1.57. The van der Waals surface area contributed by atoms with Crippen LogP contribution in [0.4, 0.5) is 10.5 Å². The molecule has 1 aromatic carbocycles. The molecule has 0 aliphatic carbocycles. The molecular weight excluding hydrogens is 434 g/mol. The summed E-state index contributed by atoms with van der Waals surface area (Å²) >= 11 is 1.84. The maximum atomic E-state index is 12.6. The van der Waals surface area contributed by atoms with Gasteiger partial charge in [0.2, 0.25) is 5.91 Å². The Morgan fingerprint density at radius 1 is 1.33 bits per heavy atom. The van der Waals surface area contributed by atoms with E-state index in [2.05, 4.69) is 0 Å². The Hall–Kier alpha value is -2.41. The topological polar surface area (TPSA) is 130 Å². The van der Waals surface area contributed by atoms with Crippen LogP contribution in [-0.2, 0) is 14.3 Å². The van der Waals surface area contributed by atoms with Crippen LogP contribution in [0.15, 0.2) is 28.0 Å². The summed E-state index contributed by atoms with van der Waals surface area (Å²) in [6.45, 7) is 1.20. The lowest BCUT2D eigenvalue weighted by atomic mass is 10.2. The Labute approximate surface area is 180 Å². The van der Waals surface area contributed by atoms with Crippen LogP contribution in [0.25, 0.3) is 6.08 Å². The second-order valence-corrected chi connectivity index (χ2v) is 8.45. The minimum atomic E-state index is -0.604. The van der Waals surface area contributed by atoms with Crippen molar-refractivity contribution in [3.8, 4) is 0 Å². The fourth-order valence-electron chi connectivity index (χ4n) is 2.88. The second-order valence-electron chi connectivity index (χ2n) is 6.32. The SMILES string of the molecule is O=C(CN1C(=O)SC(=Cc2ccc(SCCO)c([N+](=O)[O-])c2)C1=O)N1CCOCC1. The van der Waals surface area contributed by atoms with Gasteiger partial charge in [-0.2, -0.15) is 0 Å². The first-order valence-corrected chi connectivity index (χ1v) is 10.8. The van der Waals surface area contributed by atoms with Crippen LogP contribution < -0.4 is 0 Å². The lowest BCUT2D eigenvalue weighted by molar-refractivity contribution is -0.387. The van der Waals surface area contributed by atoms with Gasteiger partial charge in [0, 0.05) is 24.9 Å². The highest BCUT2D eigenvalue weighted by Gasteiger charge is 2.37. The van der Waals surface area contributed by atoms with Crippen molar-refractivity contribution in [2.75, 3.05) is 45.2 Å². The molecule has 0 saturated carbocycles. The van der Waals surface area contributed by atoms with E-state index in [0.29, 0.717) is 54.3 Å². The first-order valence-electron chi connectivity index (χ1n) is 9.03. The van der Waals surface area contributed by atoms with E-state index in [0.717, 1.165) is 16.7 Å². The summed E-state index contributed by atoms with van der Waals surface area (Å²) < 4.78 is 5.19. The molecular formula is C18H19N3O7S2. The second kappa shape index (κ2) is 10.1. The van der Waals surface area contributed by atoms with Gasteiger partial charge in [0.1, 0.15) is 6.54 Å². The van der Waals surface area contributed by atoms with E-state index in [4.69, 9.17) is 9.84 Å². The van der Waals surface area contributed by atoms with Crippen molar-refractivity contribution in [2.24, 2.45) is 0 Å². The minimum absolute atomic E-state index is 0.0971. The van der Waals surface area contributed by atoms with Gasteiger partial charge in [-0.3, -0.25) is 29.4 Å². The molecule has 2 aliphatic rings. The van der Waals surface area contributed by atoms with Gasteiger partial charge in [-0.05, 0) is 29.5 Å². The number of imide groups is 1. The average Bonchev–Trinajstić information content (AvgIpc) is 3.00. The lowest BCUT2D eigenvalue weighted by Gasteiger charge is -2.28. The molecule has 0 spiro atoms. The average molecular weight is 453 g/mol. The largest absolute Gasteiger partial charge is 0.396 e. The standard InChI is InChI=1S/C18H19N3O7S2/c22-5-8-29-14-2-1-12(9-13(14)21(26)27)10-15-17(24)20(18(25)30-15)11-16(23)19-3-6-28-7-4-19/h1-2,9-10,22H,3-8,11H2.